The highest BCUT2D eigenvalue weighted by Gasteiger charge is 2.29. The van der Waals surface area contributed by atoms with Gasteiger partial charge in [-0.3, -0.25) is 4.90 Å². The second-order valence-corrected chi connectivity index (χ2v) is 6.54. The number of likely N-dealkylation sites (tertiary alicyclic amines) is 1. The Balaban J connectivity index is 1.73. The van der Waals surface area contributed by atoms with Crippen LogP contribution < -0.4 is 4.90 Å². The van der Waals surface area contributed by atoms with Crippen molar-refractivity contribution in [2.24, 2.45) is 0 Å². The minimum Gasteiger partial charge on any atom is -0.370 e. The lowest BCUT2D eigenvalue weighted by molar-refractivity contribution is 0.260. The molecule has 2 nitrogen and oxygen atoms in total. The summed E-state index contributed by atoms with van der Waals surface area (Å²) < 4.78 is 0. The van der Waals surface area contributed by atoms with E-state index in [-0.39, 0.29) is 0 Å². The standard InChI is InChI=1S/C15H20BrClN2/c16-10-12-9-13(17)3-4-15(12)19-8-5-14(11-19)18-6-1-2-7-18/h3-4,9,14H,1-2,5-8,10-11H2. The summed E-state index contributed by atoms with van der Waals surface area (Å²) >= 11 is 9.66. The van der Waals surface area contributed by atoms with Gasteiger partial charge in [0.15, 0.2) is 0 Å². The topological polar surface area (TPSA) is 6.48 Å². The van der Waals surface area contributed by atoms with Gasteiger partial charge in [0.1, 0.15) is 0 Å². The molecule has 3 rings (SSSR count). The van der Waals surface area contributed by atoms with Gasteiger partial charge in [-0.05, 0) is 56.1 Å². The summed E-state index contributed by atoms with van der Waals surface area (Å²) in [6.07, 6.45) is 4.05. The first-order valence-electron chi connectivity index (χ1n) is 7.11. The van der Waals surface area contributed by atoms with E-state index in [1.165, 1.54) is 56.7 Å². The first kappa shape index (κ1) is 13.7. The fraction of sp³-hybridized carbons (Fsp3) is 0.600. The van der Waals surface area contributed by atoms with Gasteiger partial charge in [0.25, 0.3) is 0 Å². The number of alkyl halides is 1. The predicted octanol–water partition coefficient (Wildman–Crippen LogP) is 3.91. The SMILES string of the molecule is Clc1ccc(N2CCC(N3CCCC3)C2)c(CBr)c1. The molecule has 1 atom stereocenters. The van der Waals surface area contributed by atoms with Gasteiger partial charge in [0.2, 0.25) is 0 Å². The molecule has 0 aliphatic carbocycles. The first-order valence-corrected chi connectivity index (χ1v) is 8.61. The smallest absolute Gasteiger partial charge is 0.0410 e. The Hall–Kier alpha value is -0.250. The van der Waals surface area contributed by atoms with Crippen molar-refractivity contribution in [3.63, 3.8) is 0 Å². The van der Waals surface area contributed by atoms with Gasteiger partial charge in [-0.1, -0.05) is 27.5 Å². The number of hydrogen-bond acceptors (Lipinski definition) is 2. The minimum atomic E-state index is 0.751. The van der Waals surface area contributed by atoms with E-state index >= 15 is 0 Å². The molecule has 1 unspecified atom stereocenters. The van der Waals surface area contributed by atoms with Crippen molar-refractivity contribution in [3.05, 3.63) is 28.8 Å². The normalized spacial score (nSPS) is 24.3. The molecule has 0 saturated carbocycles. The fourth-order valence-corrected chi connectivity index (χ4v) is 3.98. The first-order chi connectivity index (χ1) is 9.28. The van der Waals surface area contributed by atoms with Crippen LogP contribution in [0.2, 0.25) is 5.02 Å². The molecule has 0 amide bonds. The molecule has 0 radical (unpaired) electrons. The maximum Gasteiger partial charge on any atom is 0.0410 e. The van der Waals surface area contributed by atoms with Gasteiger partial charge in [0, 0.05) is 35.2 Å². The quantitative estimate of drug-likeness (QED) is 0.768. The summed E-state index contributed by atoms with van der Waals surface area (Å²) in [5.74, 6) is 0. The summed E-state index contributed by atoms with van der Waals surface area (Å²) in [4.78, 5) is 5.19. The van der Waals surface area contributed by atoms with Crippen LogP contribution in [-0.2, 0) is 5.33 Å². The van der Waals surface area contributed by atoms with E-state index < -0.39 is 0 Å². The second kappa shape index (κ2) is 6.02. The van der Waals surface area contributed by atoms with Crippen molar-refractivity contribution in [1.82, 2.24) is 4.90 Å². The zero-order chi connectivity index (χ0) is 13.2. The van der Waals surface area contributed by atoms with Gasteiger partial charge < -0.3 is 4.90 Å². The van der Waals surface area contributed by atoms with Crippen LogP contribution in [0, 0.1) is 0 Å². The third-order valence-electron chi connectivity index (χ3n) is 4.35. The fourth-order valence-electron chi connectivity index (χ4n) is 3.34. The van der Waals surface area contributed by atoms with Gasteiger partial charge in [0.05, 0.1) is 0 Å². The van der Waals surface area contributed by atoms with Crippen LogP contribution in [0.4, 0.5) is 5.69 Å². The molecule has 2 aliphatic rings. The summed E-state index contributed by atoms with van der Waals surface area (Å²) in [6.45, 7) is 4.93. The average Bonchev–Trinajstić information content (AvgIpc) is 3.09. The highest BCUT2D eigenvalue weighted by molar-refractivity contribution is 9.08. The third-order valence-corrected chi connectivity index (χ3v) is 5.19. The molecule has 2 fully saturated rings. The van der Waals surface area contributed by atoms with Gasteiger partial charge in [-0.15, -0.1) is 0 Å². The number of benzene rings is 1. The zero-order valence-corrected chi connectivity index (χ0v) is 13.5. The molecule has 2 saturated heterocycles. The summed E-state index contributed by atoms with van der Waals surface area (Å²) in [5.41, 5.74) is 2.65. The predicted molar refractivity (Wildman–Crippen MR) is 85.5 cm³/mol. The van der Waals surface area contributed by atoms with E-state index in [2.05, 4.69) is 37.9 Å². The highest BCUT2D eigenvalue weighted by Crippen LogP contribution is 2.30. The lowest BCUT2D eigenvalue weighted by atomic mass is 10.2. The van der Waals surface area contributed by atoms with Gasteiger partial charge in [-0.2, -0.15) is 0 Å². The van der Waals surface area contributed by atoms with Crippen LogP contribution in [0.25, 0.3) is 0 Å². The van der Waals surface area contributed by atoms with Crippen LogP contribution in [-0.4, -0.2) is 37.1 Å². The maximum absolute atomic E-state index is 6.09. The van der Waals surface area contributed by atoms with E-state index in [9.17, 15) is 0 Å². The van der Waals surface area contributed by atoms with E-state index in [1.807, 2.05) is 6.07 Å². The summed E-state index contributed by atoms with van der Waals surface area (Å²) in [6, 6.07) is 7.01. The van der Waals surface area contributed by atoms with Crippen molar-refractivity contribution < 1.29 is 0 Å². The molecule has 19 heavy (non-hydrogen) atoms. The van der Waals surface area contributed by atoms with Crippen LogP contribution in [0.3, 0.4) is 0 Å². The van der Waals surface area contributed by atoms with Crippen molar-refractivity contribution in [2.45, 2.75) is 30.6 Å². The van der Waals surface area contributed by atoms with E-state index in [0.29, 0.717) is 0 Å². The molecule has 2 aliphatic heterocycles. The molecular formula is C15H20BrClN2. The molecule has 1 aromatic carbocycles. The largest absolute Gasteiger partial charge is 0.370 e. The van der Waals surface area contributed by atoms with E-state index in [1.54, 1.807) is 0 Å². The number of halogens is 2. The molecule has 4 heteroatoms. The number of rotatable bonds is 3. The van der Waals surface area contributed by atoms with Crippen LogP contribution >= 0.6 is 27.5 Å². The lowest BCUT2D eigenvalue weighted by Gasteiger charge is -2.25. The monoisotopic (exact) mass is 342 g/mol. The van der Waals surface area contributed by atoms with Gasteiger partial charge in [-0.25, -0.2) is 0 Å². The van der Waals surface area contributed by atoms with Crippen molar-refractivity contribution >= 4 is 33.2 Å². The number of nitrogens with zero attached hydrogens (tertiary/aromatic N) is 2. The maximum atomic E-state index is 6.09. The number of hydrogen-bond donors (Lipinski definition) is 0. The van der Waals surface area contributed by atoms with Crippen LogP contribution in [0.15, 0.2) is 18.2 Å². The summed E-state index contributed by atoms with van der Waals surface area (Å²) in [5, 5.41) is 1.70. The Morgan fingerprint density at radius 2 is 2.00 bits per heavy atom. The van der Waals surface area contributed by atoms with Crippen molar-refractivity contribution in [1.29, 1.82) is 0 Å². The minimum absolute atomic E-state index is 0.751. The van der Waals surface area contributed by atoms with Gasteiger partial charge >= 0.3 is 0 Å². The Morgan fingerprint density at radius 3 is 2.74 bits per heavy atom. The second-order valence-electron chi connectivity index (χ2n) is 5.54. The van der Waals surface area contributed by atoms with Crippen molar-refractivity contribution in [3.8, 4) is 0 Å². The molecule has 0 spiro atoms. The lowest BCUT2D eigenvalue weighted by Crippen LogP contribution is -2.35. The Kier molecular flexibility index (Phi) is 4.35. The average molecular weight is 344 g/mol. The Bertz CT molecular complexity index is 446. The van der Waals surface area contributed by atoms with Crippen molar-refractivity contribution in [2.75, 3.05) is 31.1 Å². The summed E-state index contributed by atoms with van der Waals surface area (Å²) in [7, 11) is 0. The van der Waals surface area contributed by atoms with E-state index in [4.69, 9.17) is 11.6 Å². The molecule has 1 aromatic rings. The molecule has 0 aromatic heterocycles. The highest BCUT2D eigenvalue weighted by atomic mass is 79.9. The molecule has 0 N–H and O–H groups in total. The Morgan fingerprint density at radius 1 is 1.21 bits per heavy atom. The van der Waals surface area contributed by atoms with E-state index in [0.717, 1.165) is 16.4 Å². The molecule has 2 heterocycles. The number of anilines is 1. The molecule has 104 valence electrons. The zero-order valence-electron chi connectivity index (χ0n) is 11.1. The Labute approximate surface area is 128 Å². The van der Waals surface area contributed by atoms with Crippen LogP contribution in [0.5, 0.6) is 0 Å². The third kappa shape index (κ3) is 2.93. The molecular weight excluding hydrogens is 324 g/mol. The molecule has 0 bridgehead atoms. The van der Waals surface area contributed by atoms with Crippen LogP contribution in [0.1, 0.15) is 24.8 Å².